The van der Waals surface area contributed by atoms with Gasteiger partial charge in [-0.25, -0.2) is 9.97 Å². The normalized spacial score (nSPS) is 10.6. The Bertz CT molecular complexity index is 1140. The van der Waals surface area contributed by atoms with Crippen LogP contribution in [0.3, 0.4) is 0 Å². The second kappa shape index (κ2) is 7.28. The number of nitrogens with zero attached hydrogens (tertiary/aromatic N) is 5. The molecule has 138 valence electrons. The van der Waals surface area contributed by atoms with Crippen LogP contribution in [0.4, 0.5) is 28.7 Å². The highest BCUT2D eigenvalue weighted by molar-refractivity contribution is 5.94. The first-order chi connectivity index (χ1) is 13.6. The van der Waals surface area contributed by atoms with Crippen molar-refractivity contribution in [2.75, 3.05) is 17.3 Å². The van der Waals surface area contributed by atoms with Crippen molar-refractivity contribution in [2.45, 2.75) is 0 Å². The topological polar surface area (TPSA) is 97.1 Å². The van der Waals surface area contributed by atoms with Crippen molar-refractivity contribution in [3.8, 4) is 0 Å². The molecule has 4 rings (SSSR count). The Labute approximate surface area is 160 Å². The van der Waals surface area contributed by atoms with Gasteiger partial charge in [0.15, 0.2) is 0 Å². The Morgan fingerprint density at radius 3 is 2.57 bits per heavy atom. The van der Waals surface area contributed by atoms with E-state index in [4.69, 9.17) is 0 Å². The largest absolute Gasteiger partial charge is 0.354 e. The smallest absolute Gasteiger partial charge is 0.334 e. The molecule has 0 aliphatic rings. The van der Waals surface area contributed by atoms with Gasteiger partial charge in [-0.3, -0.25) is 15.1 Å². The highest BCUT2D eigenvalue weighted by Crippen LogP contribution is 2.36. The molecule has 4 aromatic rings. The second-order valence-corrected chi connectivity index (χ2v) is 6.05. The summed E-state index contributed by atoms with van der Waals surface area (Å²) < 4.78 is 0. The monoisotopic (exact) mass is 372 g/mol. The molecule has 2 heterocycles. The predicted molar refractivity (Wildman–Crippen MR) is 108 cm³/mol. The molecule has 0 atom stereocenters. The molecule has 0 aliphatic carbocycles. The van der Waals surface area contributed by atoms with Gasteiger partial charge in [0, 0.05) is 30.0 Å². The van der Waals surface area contributed by atoms with Gasteiger partial charge in [-0.05, 0) is 36.4 Å². The number of anilines is 4. The second-order valence-electron chi connectivity index (χ2n) is 6.05. The Kier molecular flexibility index (Phi) is 4.51. The Morgan fingerprint density at radius 2 is 1.79 bits per heavy atom. The first kappa shape index (κ1) is 17.3. The molecular formula is C20H16N6O2. The SMILES string of the molecule is CN(c1ccccc1)c1ncnc(Nc2cccc3ncccc23)c1[N+](=O)[O-]. The molecule has 0 bridgehead atoms. The quantitative estimate of drug-likeness (QED) is 0.408. The minimum Gasteiger partial charge on any atom is -0.334 e. The lowest BCUT2D eigenvalue weighted by molar-refractivity contribution is -0.383. The average molecular weight is 372 g/mol. The van der Waals surface area contributed by atoms with E-state index in [1.165, 1.54) is 6.33 Å². The van der Waals surface area contributed by atoms with Gasteiger partial charge >= 0.3 is 5.69 Å². The van der Waals surface area contributed by atoms with Gasteiger partial charge in [0.25, 0.3) is 0 Å². The zero-order valence-electron chi connectivity index (χ0n) is 15.0. The van der Waals surface area contributed by atoms with E-state index in [-0.39, 0.29) is 17.3 Å². The molecule has 1 N–H and O–H groups in total. The maximum Gasteiger partial charge on any atom is 0.354 e. The van der Waals surface area contributed by atoms with Crippen LogP contribution in [0.1, 0.15) is 0 Å². The molecule has 2 aromatic heterocycles. The molecule has 8 heteroatoms. The van der Waals surface area contributed by atoms with E-state index in [2.05, 4.69) is 20.3 Å². The van der Waals surface area contributed by atoms with Gasteiger partial charge in [-0.1, -0.05) is 24.3 Å². The van der Waals surface area contributed by atoms with Gasteiger partial charge < -0.3 is 10.2 Å². The number of nitro groups is 1. The summed E-state index contributed by atoms with van der Waals surface area (Å²) in [6.07, 6.45) is 3.01. The summed E-state index contributed by atoms with van der Waals surface area (Å²) in [6.45, 7) is 0. The number of hydrogen-bond donors (Lipinski definition) is 1. The maximum absolute atomic E-state index is 11.9. The van der Waals surface area contributed by atoms with E-state index < -0.39 is 4.92 Å². The fourth-order valence-corrected chi connectivity index (χ4v) is 2.99. The van der Waals surface area contributed by atoms with Crippen molar-refractivity contribution in [3.05, 3.63) is 83.3 Å². The number of pyridine rings is 1. The van der Waals surface area contributed by atoms with E-state index in [0.29, 0.717) is 5.69 Å². The van der Waals surface area contributed by atoms with Crippen molar-refractivity contribution >= 4 is 39.6 Å². The maximum atomic E-state index is 11.9. The summed E-state index contributed by atoms with van der Waals surface area (Å²) in [6, 6.07) is 18.6. The molecule has 0 amide bonds. The standard InChI is InChI=1S/C20H16N6O2/c1-25(14-7-3-2-4-8-14)20-18(26(27)28)19(22-13-23-20)24-17-11-5-10-16-15(17)9-6-12-21-16/h2-13H,1H3,(H,22,23,24). The first-order valence-corrected chi connectivity index (χ1v) is 8.54. The van der Waals surface area contributed by atoms with Gasteiger partial charge in [0.1, 0.15) is 6.33 Å². The molecule has 0 aliphatic heterocycles. The lowest BCUT2D eigenvalue weighted by atomic mass is 10.2. The molecule has 0 spiro atoms. The zero-order chi connectivity index (χ0) is 19.5. The van der Waals surface area contributed by atoms with E-state index in [9.17, 15) is 10.1 Å². The summed E-state index contributed by atoms with van der Waals surface area (Å²) in [4.78, 5) is 25.7. The van der Waals surface area contributed by atoms with Crippen LogP contribution in [0.5, 0.6) is 0 Å². The van der Waals surface area contributed by atoms with Crippen molar-refractivity contribution in [2.24, 2.45) is 0 Å². The summed E-state index contributed by atoms with van der Waals surface area (Å²) in [5, 5.41) is 15.8. The van der Waals surface area contributed by atoms with Crippen molar-refractivity contribution in [1.82, 2.24) is 15.0 Å². The molecule has 0 saturated carbocycles. The molecular weight excluding hydrogens is 356 g/mol. The summed E-state index contributed by atoms with van der Waals surface area (Å²) >= 11 is 0. The minimum absolute atomic E-state index is 0.120. The van der Waals surface area contributed by atoms with Crippen LogP contribution in [-0.4, -0.2) is 26.9 Å². The summed E-state index contributed by atoms with van der Waals surface area (Å²) in [5.41, 5.74) is 2.05. The van der Waals surface area contributed by atoms with Gasteiger partial charge in [0.05, 0.1) is 10.4 Å². The molecule has 0 unspecified atom stereocenters. The number of aromatic nitrogens is 3. The van der Waals surface area contributed by atoms with Crippen LogP contribution >= 0.6 is 0 Å². The number of nitrogens with one attached hydrogen (secondary N) is 1. The Hall–Kier alpha value is -4.07. The van der Waals surface area contributed by atoms with E-state index in [1.54, 1.807) is 18.1 Å². The van der Waals surface area contributed by atoms with Crippen molar-refractivity contribution < 1.29 is 4.92 Å². The number of fused-ring (bicyclic) bond motifs is 1. The van der Waals surface area contributed by atoms with Gasteiger partial charge in [-0.15, -0.1) is 0 Å². The summed E-state index contributed by atoms with van der Waals surface area (Å²) in [5.74, 6) is 0.321. The highest BCUT2D eigenvalue weighted by atomic mass is 16.6. The average Bonchev–Trinajstić information content (AvgIpc) is 2.74. The van der Waals surface area contributed by atoms with E-state index in [1.807, 2.05) is 60.7 Å². The van der Waals surface area contributed by atoms with E-state index in [0.717, 1.165) is 16.6 Å². The summed E-state index contributed by atoms with van der Waals surface area (Å²) in [7, 11) is 1.73. The molecule has 28 heavy (non-hydrogen) atoms. The van der Waals surface area contributed by atoms with Crippen LogP contribution in [0.15, 0.2) is 73.2 Å². The molecule has 0 radical (unpaired) electrons. The first-order valence-electron chi connectivity index (χ1n) is 8.54. The Balaban J connectivity index is 1.81. The van der Waals surface area contributed by atoms with Gasteiger partial charge in [-0.2, -0.15) is 0 Å². The number of para-hydroxylation sites is 1. The minimum atomic E-state index is -0.472. The van der Waals surface area contributed by atoms with Crippen LogP contribution < -0.4 is 10.2 Å². The highest BCUT2D eigenvalue weighted by Gasteiger charge is 2.26. The fourth-order valence-electron chi connectivity index (χ4n) is 2.99. The Morgan fingerprint density at radius 1 is 0.964 bits per heavy atom. The number of hydrogen-bond acceptors (Lipinski definition) is 7. The lowest BCUT2D eigenvalue weighted by Crippen LogP contribution is -2.15. The van der Waals surface area contributed by atoms with Crippen LogP contribution in [0, 0.1) is 10.1 Å². The van der Waals surface area contributed by atoms with Crippen LogP contribution in [-0.2, 0) is 0 Å². The molecule has 0 fully saturated rings. The third-order valence-corrected chi connectivity index (χ3v) is 4.35. The van der Waals surface area contributed by atoms with E-state index >= 15 is 0 Å². The molecule has 2 aromatic carbocycles. The molecule has 8 nitrogen and oxygen atoms in total. The molecule has 0 saturated heterocycles. The zero-order valence-corrected chi connectivity index (χ0v) is 15.0. The van der Waals surface area contributed by atoms with Crippen LogP contribution in [0.2, 0.25) is 0 Å². The number of benzene rings is 2. The lowest BCUT2D eigenvalue weighted by Gasteiger charge is -2.19. The van der Waals surface area contributed by atoms with Crippen LogP contribution in [0.25, 0.3) is 10.9 Å². The van der Waals surface area contributed by atoms with Crippen molar-refractivity contribution in [3.63, 3.8) is 0 Å². The number of rotatable bonds is 5. The van der Waals surface area contributed by atoms with Gasteiger partial charge in [0.2, 0.25) is 11.6 Å². The van der Waals surface area contributed by atoms with Crippen molar-refractivity contribution in [1.29, 1.82) is 0 Å². The third kappa shape index (κ3) is 3.18. The third-order valence-electron chi connectivity index (χ3n) is 4.35. The fraction of sp³-hybridized carbons (Fsp3) is 0.0500. The predicted octanol–water partition coefficient (Wildman–Crippen LogP) is 4.44.